The molecule has 0 saturated carbocycles. The Morgan fingerprint density at radius 2 is 1.76 bits per heavy atom. The van der Waals surface area contributed by atoms with Crippen LogP contribution in [0.4, 0.5) is 17.2 Å². The fraction of sp³-hybridized carbons (Fsp3) is 0.136. The van der Waals surface area contributed by atoms with Crippen molar-refractivity contribution in [2.45, 2.75) is 6.92 Å². The van der Waals surface area contributed by atoms with Gasteiger partial charge in [0.2, 0.25) is 0 Å². The van der Waals surface area contributed by atoms with E-state index in [1.54, 1.807) is 56.6 Å². The Balaban J connectivity index is 1.70. The number of hydrogen-bond acceptors (Lipinski definition) is 6. The highest BCUT2D eigenvalue weighted by Gasteiger charge is 2.10. The molecule has 0 atom stereocenters. The molecule has 0 fully saturated rings. The van der Waals surface area contributed by atoms with Crippen molar-refractivity contribution in [3.05, 3.63) is 78.0 Å². The van der Waals surface area contributed by atoms with Gasteiger partial charge < -0.3 is 20.1 Å². The largest absolute Gasteiger partial charge is 0.495 e. The number of carbonyl (C=O) groups is 2. The minimum absolute atomic E-state index is 0.292. The van der Waals surface area contributed by atoms with Crippen LogP contribution in [0.25, 0.3) is 0 Å². The Morgan fingerprint density at radius 1 is 1.00 bits per heavy atom. The highest BCUT2D eigenvalue weighted by molar-refractivity contribution is 6.05. The Morgan fingerprint density at radius 3 is 2.48 bits per heavy atom. The summed E-state index contributed by atoms with van der Waals surface area (Å²) in [5.41, 5.74) is 2.18. The Labute approximate surface area is 168 Å². The first-order valence-electron chi connectivity index (χ1n) is 9.05. The number of para-hydroxylation sites is 2. The summed E-state index contributed by atoms with van der Waals surface area (Å²) in [6, 6.07) is 17.2. The summed E-state index contributed by atoms with van der Waals surface area (Å²) in [4.78, 5) is 28.5. The second-order valence-corrected chi connectivity index (χ2v) is 6.01. The maximum atomic E-state index is 12.6. The van der Waals surface area contributed by atoms with Crippen LogP contribution in [0.5, 0.6) is 5.75 Å². The van der Waals surface area contributed by atoms with Gasteiger partial charge in [0.05, 0.1) is 25.0 Å². The average molecular weight is 391 g/mol. The monoisotopic (exact) mass is 391 g/mol. The second-order valence-electron chi connectivity index (χ2n) is 6.01. The van der Waals surface area contributed by atoms with Crippen molar-refractivity contribution in [2.75, 3.05) is 24.4 Å². The number of benzene rings is 2. The van der Waals surface area contributed by atoms with Crippen LogP contribution in [0, 0.1) is 0 Å². The molecule has 148 valence electrons. The number of nitrogens with one attached hydrogen (secondary N) is 2. The fourth-order valence-electron chi connectivity index (χ4n) is 2.63. The van der Waals surface area contributed by atoms with E-state index in [0.717, 1.165) is 5.69 Å². The lowest BCUT2D eigenvalue weighted by atomic mass is 10.2. The molecular weight excluding hydrogens is 370 g/mol. The summed E-state index contributed by atoms with van der Waals surface area (Å²) in [5.74, 6) is 0.497. The number of ether oxygens (including phenoxy) is 2. The third-order valence-electron chi connectivity index (χ3n) is 4.05. The first-order valence-corrected chi connectivity index (χ1v) is 9.05. The summed E-state index contributed by atoms with van der Waals surface area (Å²) in [6.07, 6.45) is 1.55. The number of rotatable bonds is 7. The number of carbonyl (C=O) groups excluding carboxylic acids is 2. The fourth-order valence-corrected chi connectivity index (χ4v) is 2.63. The van der Waals surface area contributed by atoms with Crippen LogP contribution >= 0.6 is 0 Å². The molecule has 3 aromatic rings. The van der Waals surface area contributed by atoms with Gasteiger partial charge in [-0.25, -0.2) is 9.78 Å². The summed E-state index contributed by atoms with van der Waals surface area (Å²) in [5, 5.41) is 5.95. The first-order chi connectivity index (χ1) is 14.1. The molecule has 1 heterocycles. The number of aromatic nitrogens is 1. The molecule has 0 aliphatic rings. The predicted molar refractivity (Wildman–Crippen MR) is 111 cm³/mol. The molecule has 0 aliphatic heterocycles. The first kappa shape index (κ1) is 19.9. The van der Waals surface area contributed by atoms with Crippen molar-refractivity contribution in [3.63, 3.8) is 0 Å². The van der Waals surface area contributed by atoms with Gasteiger partial charge >= 0.3 is 5.97 Å². The van der Waals surface area contributed by atoms with Gasteiger partial charge in [0.25, 0.3) is 5.91 Å². The zero-order valence-electron chi connectivity index (χ0n) is 16.1. The molecule has 0 saturated heterocycles. The lowest BCUT2D eigenvalue weighted by molar-refractivity contribution is 0.0526. The van der Waals surface area contributed by atoms with Crippen LogP contribution in [0.3, 0.4) is 0 Å². The molecule has 1 aromatic heterocycles. The van der Waals surface area contributed by atoms with E-state index in [2.05, 4.69) is 15.6 Å². The van der Waals surface area contributed by atoms with Crippen LogP contribution in [-0.4, -0.2) is 30.6 Å². The van der Waals surface area contributed by atoms with Crippen LogP contribution in [0.1, 0.15) is 27.6 Å². The summed E-state index contributed by atoms with van der Waals surface area (Å²) in [6.45, 7) is 2.06. The van der Waals surface area contributed by atoms with Crippen LogP contribution in [0.15, 0.2) is 66.9 Å². The van der Waals surface area contributed by atoms with Gasteiger partial charge in [-0.1, -0.05) is 12.1 Å². The summed E-state index contributed by atoms with van der Waals surface area (Å²) in [7, 11) is 1.59. The normalized spacial score (nSPS) is 10.1. The average Bonchev–Trinajstić information content (AvgIpc) is 2.75. The highest BCUT2D eigenvalue weighted by atomic mass is 16.5. The van der Waals surface area contributed by atoms with E-state index in [1.807, 2.05) is 24.3 Å². The topological polar surface area (TPSA) is 89.5 Å². The maximum Gasteiger partial charge on any atom is 0.338 e. The highest BCUT2D eigenvalue weighted by Crippen LogP contribution is 2.26. The zero-order chi connectivity index (χ0) is 20.6. The molecule has 2 aromatic carbocycles. The van der Waals surface area contributed by atoms with Crippen molar-refractivity contribution in [1.29, 1.82) is 0 Å². The van der Waals surface area contributed by atoms with Gasteiger partial charge in [-0.05, 0) is 55.5 Å². The number of pyridine rings is 1. The third kappa shape index (κ3) is 5.10. The SMILES string of the molecule is CCOC(=O)c1ccc(NC(=O)c2ccnc(Nc3ccccc3OC)c2)cc1. The van der Waals surface area contributed by atoms with Crippen molar-refractivity contribution < 1.29 is 19.1 Å². The smallest absolute Gasteiger partial charge is 0.338 e. The molecule has 1 amide bonds. The molecule has 0 radical (unpaired) electrons. The number of nitrogens with zero attached hydrogens (tertiary/aromatic N) is 1. The van der Waals surface area contributed by atoms with Gasteiger partial charge in [0.1, 0.15) is 11.6 Å². The molecule has 3 rings (SSSR count). The van der Waals surface area contributed by atoms with Crippen molar-refractivity contribution in [3.8, 4) is 5.75 Å². The number of amides is 1. The van der Waals surface area contributed by atoms with Gasteiger partial charge in [-0.15, -0.1) is 0 Å². The van der Waals surface area contributed by atoms with Gasteiger partial charge in [-0.3, -0.25) is 4.79 Å². The van der Waals surface area contributed by atoms with Crippen LogP contribution in [0.2, 0.25) is 0 Å². The third-order valence-corrected chi connectivity index (χ3v) is 4.05. The van der Waals surface area contributed by atoms with Gasteiger partial charge in [-0.2, -0.15) is 0 Å². The minimum Gasteiger partial charge on any atom is -0.495 e. The Kier molecular flexibility index (Phi) is 6.42. The molecule has 2 N–H and O–H groups in total. The Bertz CT molecular complexity index is 1000. The van der Waals surface area contributed by atoms with Gasteiger partial charge in [0, 0.05) is 17.4 Å². The summed E-state index contributed by atoms with van der Waals surface area (Å²) >= 11 is 0. The lowest BCUT2D eigenvalue weighted by Gasteiger charge is -2.11. The maximum absolute atomic E-state index is 12.6. The van der Waals surface area contributed by atoms with E-state index in [9.17, 15) is 9.59 Å². The molecule has 0 spiro atoms. The molecule has 7 heteroatoms. The molecular formula is C22H21N3O4. The lowest BCUT2D eigenvalue weighted by Crippen LogP contribution is -2.13. The van der Waals surface area contributed by atoms with E-state index in [4.69, 9.17) is 9.47 Å². The Hall–Kier alpha value is -3.87. The number of methoxy groups -OCH3 is 1. The van der Waals surface area contributed by atoms with Crippen molar-refractivity contribution in [1.82, 2.24) is 4.98 Å². The number of hydrogen-bond donors (Lipinski definition) is 2. The number of esters is 1. The quantitative estimate of drug-likeness (QED) is 0.585. The van der Waals surface area contributed by atoms with E-state index in [1.165, 1.54) is 0 Å². The molecule has 0 unspecified atom stereocenters. The van der Waals surface area contributed by atoms with Gasteiger partial charge in [0.15, 0.2) is 0 Å². The van der Waals surface area contributed by atoms with E-state index < -0.39 is 5.97 Å². The zero-order valence-corrected chi connectivity index (χ0v) is 16.1. The van der Waals surface area contributed by atoms with Crippen LogP contribution < -0.4 is 15.4 Å². The van der Waals surface area contributed by atoms with E-state index >= 15 is 0 Å². The minimum atomic E-state index is -0.397. The molecule has 7 nitrogen and oxygen atoms in total. The number of anilines is 3. The van der Waals surface area contributed by atoms with E-state index in [-0.39, 0.29) is 5.91 Å². The molecule has 29 heavy (non-hydrogen) atoms. The van der Waals surface area contributed by atoms with E-state index in [0.29, 0.717) is 35.0 Å². The van der Waals surface area contributed by atoms with Crippen LogP contribution in [-0.2, 0) is 4.74 Å². The molecule has 0 bridgehead atoms. The second kappa shape index (κ2) is 9.36. The molecule has 0 aliphatic carbocycles. The standard InChI is InChI=1S/C22H21N3O4/c1-3-29-22(27)15-8-10-17(11-9-15)24-21(26)16-12-13-23-20(14-16)25-18-6-4-5-7-19(18)28-2/h4-14H,3H2,1-2H3,(H,23,25)(H,24,26). The summed E-state index contributed by atoms with van der Waals surface area (Å²) < 4.78 is 10.3. The predicted octanol–water partition coefficient (Wildman–Crippen LogP) is 4.26. The van der Waals surface area contributed by atoms with Crippen molar-refractivity contribution in [2.24, 2.45) is 0 Å². The van der Waals surface area contributed by atoms with Crippen molar-refractivity contribution >= 4 is 29.1 Å².